The van der Waals surface area contributed by atoms with Gasteiger partial charge in [0.05, 0.1) is 0 Å². The Morgan fingerprint density at radius 2 is 2.14 bits per heavy atom. The number of likely N-dealkylation sites (N-methyl/N-ethyl adjacent to an activating group) is 1. The highest BCUT2D eigenvalue weighted by molar-refractivity contribution is 5.78. The van der Waals surface area contributed by atoms with Gasteiger partial charge in [-0.1, -0.05) is 18.2 Å². The molecule has 1 aromatic rings. The molecule has 0 bridgehead atoms. The van der Waals surface area contributed by atoms with Crippen LogP contribution in [0.1, 0.15) is 38.2 Å². The van der Waals surface area contributed by atoms with Crippen LogP contribution in [0, 0.1) is 0 Å². The molecule has 0 saturated heterocycles. The zero-order valence-corrected chi connectivity index (χ0v) is 13.1. The monoisotopic (exact) mass is 290 g/mol. The number of benzene rings is 1. The highest BCUT2D eigenvalue weighted by Gasteiger charge is 2.30. The average molecular weight is 290 g/mol. The smallest absolute Gasteiger partial charge is 0.323 e. The number of fused-ring (bicyclic) bond motifs is 1. The number of nitrogens with one attached hydrogen (secondary N) is 1. The first kappa shape index (κ1) is 15.8. The molecular weight excluding hydrogens is 264 g/mol. The third kappa shape index (κ3) is 3.76. The van der Waals surface area contributed by atoms with E-state index in [9.17, 15) is 9.90 Å². The van der Waals surface area contributed by atoms with Crippen LogP contribution < -0.4 is 10.2 Å². The summed E-state index contributed by atoms with van der Waals surface area (Å²) in [5.41, 5.74) is 1.99. The highest BCUT2D eigenvalue weighted by atomic mass is 16.4. The molecule has 0 aromatic heterocycles. The van der Waals surface area contributed by atoms with E-state index in [1.165, 1.54) is 24.1 Å². The van der Waals surface area contributed by atoms with Gasteiger partial charge < -0.3 is 15.3 Å². The zero-order valence-electron chi connectivity index (χ0n) is 13.1. The Labute approximate surface area is 127 Å². The zero-order chi connectivity index (χ0) is 15.3. The van der Waals surface area contributed by atoms with Gasteiger partial charge >= 0.3 is 5.97 Å². The summed E-state index contributed by atoms with van der Waals surface area (Å²) in [6, 6.07) is 8.61. The lowest BCUT2D eigenvalue weighted by Crippen LogP contribution is -2.47. The second-order valence-electron chi connectivity index (χ2n) is 6.06. The molecule has 1 heterocycles. The van der Waals surface area contributed by atoms with Crippen LogP contribution in [-0.4, -0.2) is 36.8 Å². The molecule has 1 atom stereocenters. The maximum absolute atomic E-state index is 11.2. The summed E-state index contributed by atoms with van der Waals surface area (Å²) in [6.07, 6.45) is 4.99. The van der Waals surface area contributed by atoms with Crippen molar-refractivity contribution in [3.8, 4) is 0 Å². The molecular formula is C17H26N2O2. The van der Waals surface area contributed by atoms with Crippen molar-refractivity contribution in [3.63, 3.8) is 0 Å². The molecule has 2 N–H and O–H groups in total. The second-order valence-corrected chi connectivity index (χ2v) is 6.06. The van der Waals surface area contributed by atoms with Crippen molar-refractivity contribution in [1.82, 2.24) is 5.32 Å². The number of para-hydroxylation sites is 1. The first-order valence-corrected chi connectivity index (χ1v) is 7.82. The van der Waals surface area contributed by atoms with Gasteiger partial charge in [0, 0.05) is 18.8 Å². The highest BCUT2D eigenvalue weighted by Crippen LogP contribution is 2.27. The Balaban J connectivity index is 1.84. The van der Waals surface area contributed by atoms with Crippen molar-refractivity contribution in [1.29, 1.82) is 0 Å². The van der Waals surface area contributed by atoms with E-state index in [2.05, 4.69) is 34.5 Å². The number of carboxylic acids is 1. The van der Waals surface area contributed by atoms with E-state index >= 15 is 0 Å². The number of aryl methyl sites for hydroxylation is 1. The van der Waals surface area contributed by atoms with E-state index in [-0.39, 0.29) is 0 Å². The predicted octanol–water partition coefficient (Wildman–Crippen LogP) is 2.67. The molecule has 0 amide bonds. The van der Waals surface area contributed by atoms with Gasteiger partial charge in [-0.05, 0) is 57.7 Å². The van der Waals surface area contributed by atoms with Crippen LogP contribution in [0.25, 0.3) is 0 Å². The van der Waals surface area contributed by atoms with Crippen LogP contribution in [-0.2, 0) is 11.2 Å². The maximum Gasteiger partial charge on any atom is 0.323 e. The lowest BCUT2D eigenvalue weighted by Gasteiger charge is -2.31. The largest absolute Gasteiger partial charge is 0.480 e. The summed E-state index contributed by atoms with van der Waals surface area (Å²) in [6.45, 7) is 3.88. The third-order valence-corrected chi connectivity index (χ3v) is 4.59. The number of carbonyl (C=O) groups is 1. The van der Waals surface area contributed by atoms with Crippen LogP contribution in [0.2, 0.25) is 0 Å². The molecule has 4 nitrogen and oxygen atoms in total. The minimum atomic E-state index is -0.806. The van der Waals surface area contributed by atoms with Crippen molar-refractivity contribution in [3.05, 3.63) is 29.8 Å². The number of carboxylic acid groups (broad SMARTS) is 1. The van der Waals surface area contributed by atoms with Crippen LogP contribution in [0.3, 0.4) is 0 Å². The van der Waals surface area contributed by atoms with Crippen LogP contribution in [0.5, 0.6) is 0 Å². The van der Waals surface area contributed by atoms with E-state index in [0.717, 1.165) is 25.9 Å². The van der Waals surface area contributed by atoms with Gasteiger partial charge in [0.2, 0.25) is 0 Å². The fourth-order valence-electron chi connectivity index (χ4n) is 2.96. The lowest BCUT2D eigenvalue weighted by atomic mass is 9.95. The summed E-state index contributed by atoms with van der Waals surface area (Å²) in [4.78, 5) is 13.7. The van der Waals surface area contributed by atoms with Gasteiger partial charge in [0.25, 0.3) is 0 Å². The van der Waals surface area contributed by atoms with Crippen molar-refractivity contribution in [2.45, 2.75) is 44.6 Å². The Bertz CT molecular complexity index is 489. The van der Waals surface area contributed by atoms with Gasteiger partial charge in [-0.3, -0.25) is 4.79 Å². The molecule has 2 rings (SSSR count). The molecule has 0 aliphatic carbocycles. The van der Waals surface area contributed by atoms with Crippen molar-refractivity contribution >= 4 is 11.7 Å². The normalized spacial score (nSPS) is 17.1. The number of unbranched alkanes of at least 4 members (excludes halogenated alkanes) is 1. The number of anilines is 1. The number of hydrogen-bond acceptors (Lipinski definition) is 3. The summed E-state index contributed by atoms with van der Waals surface area (Å²) in [7, 11) is 1.72. The summed E-state index contributed by atoms with van der Waals surface area (Å²) in [5.74, 6) is -0.770. The Morgan fingerprint density at radius 3 is 2.86 bits per heavy atom. The molecule has 0 saturated carbocycles. The SMILES string of the molecule is CNC(C)(CCCCN1CCCc2ccccc21)C(=O)O. The van der Waals surface area contributed by atoms with Crippen molar-refractivity contribution in [2.75, 3.05) is 25.0 Å². The van der Waals surface area contributed by atoms with Gasteiger partial charge in [0.15, 0.2) is 0 Å². The van der Waals surface area contributed by atoms with Gasteiger partial charge in [-0.2, -0.15) is 0 Å². The quantitative estimate of drug-likeness (QED) is 0.758. The second kappa shape index (κ2) is 6.94. The fraction of sp³-hybridized carbons (Fsp3) is 0.588. The van der Waals surface area contributed by atoms with Crippen LogP contribution in [0.15, 0.2) is 24.3 Å². The van der Waals surface area contributed by atoms with Crippen LogP contribution in [0.4, 0.5) is 5.69 Å². The number of hydrogen-bond donors (Lipinski definition) is 2. The van der Waals surface area contributed by atoms with E-state index in [0.29, 0.717) is 6.42 Å². The fourth-order valence-corrected chi connectivity index (χ4v) is 2.96. The van der Waals surface area contributed by atoms with E-state index in [1.54, 1.807) is 14.0 Å². The standard InChI is InChI=1S/C17H26N2O2/c1-17(18-2,16(20)21)11-5-6-12-19-13-7-9-14-8-3-4-10-15(14)19/h3-4,8,10,18H,5-7,9,11-13H2,1-2H3,(H,20,21). The maximum atomic E-state index is 11.2. The van der Waals surface area contributed by atoms with Crippen molar-refractivity contribution < 1.29 is 9.90 Å². The molecule has 1 aliphatic rings. The van der Waals surface area contributed by atoms with E-state index < -0.39 is 11.5 Å². The van der Waals surface area contributed by atoms with Gasteiger partial charge in [-0.15, -0.1) is 0 Å². The third-order valence-electron chi connectivity index (χ3n) is 4.59. The molecule has 21 heavy (non-hydrogen) atoms. The van der Waals surface area contributed by atoms with Crippen LogP contribution >= 0.6 is 0 Å². The average Bonchev–Trinajstić information content (AvgIpc) is 2.51. The van der Waals surface area contributed by atoms with Gasteiger partial charge in [-0.25, -0.2) is 0 Å². The van der Waals surface area contributed by atoms with Gasteiger partial charge in [0.1, 0.15) is 5.54 Å². The minimum absolute atomic E-state index is 0.661. The summed E-state index contributed by atoms with van der Waals surface area (Å²) in [5, 5.41) is 12.2. The van der Waals surface area contributed by atoms with E-state index in [4.69, 9.17) is 0 Å². The molecule has 0 spiro atoms. The lowest BCUT2D eigenvalue weighted by molar-refractivity contribution is -0.144. The Morgan fingerprint density at radius 1 is 1.38 bits per heavy atom. The molecule has 0 fully saturated rings. The minimum Gasteiger partial charge on any atom is -0.480 e. The number of aliphatic carboxylic acids is 1. The molecule has 4 heteroatoms. The first-order chi connectivity index (χ1) is 10.1. The molecule has 1 unspecified atom stereocenters. The molecule has 0 radical (unpaired) electrons. The van der Waals surface area contributed by atoms with E-state index in [1.807, 2.05) is 0 Å². The molecule has 1 aliphatic heterocycles. The Kier molecular flexibility index (Phi) is 5.23. The molecule has 1 aromatic carbocycles. The number of nitrogens with zero attached hydrogens (tertiary/aromatic N) is 1. The Hall–Kier alpha value is -1.55. The molecule has 116 valence electrons. The first-order valence-electron chi connectivity index (χ1n) is 7.82. The topological polar surface area (TPSA) is 52.6 Å². The van der Waals surface area contributed by atoms with Crippen molar-refractivity contribution in [2.24, 2.45) is 0 Å². The summed E-state index contributed by atoms with van der Waals surface area (Å²) < 4.78 is 0. The summed E-state index contributed by atoms with van der Waals surface area (Å²) >= 11 is 0. The predicted molar refractivity (Wildman–Crippen MR) is 85.9 cm³/mol. The number of rotatable bonds is 7.